The van der Waals surface area contributed by atoms with E-state index in [4.69, 9.17) is 9.47 Å². The first-order valence-electron chi connectivity index (χ1n) is 5.34. The molecule has 1 saturated carbocycles. The van der Waals surface area contributed by atoms with Crippen LogP contribution in [0.3, 0.4) is 0 Å². The third-order valence-corrected chi connectivity index (χ3v) is 3.15. The Bertz CT molecular complexity index is 244. The molecule has 0 amide bonds. The van der Waals surface area contributed by atoms with Crippen molar-refractivity contribution in [1.82, 2.24) is 0 Å². The summed E-state index contributed by atoms with van der Waals surface area (Å²) in [5, 5.41) is 29.6. The molecule has 5 heteroatoms. The molecule has 3 aliphatic rings. The maximum absolute atomic E-state index is 10.2. The van der Waals surface area contributed by atoms with Gasteiger partial charge in [-0.3, -0.25) is 0 Å². The normalized spacial score (nSPS) is 50.0. The van der Waals surface area contributed by atoms with E-state index in [0.717, 1.165) is 0 Å². The van der Waals surface area contributed by atoms with Crippen molar-refractivity contribution in [2.45, 2.75) is 63.0 Å². The van der Waals surface area contributed by atoms with Crippen molar-refractivity contribution in [2.24, 2.45) is 0 Å². The van der Waals surface area contributed by atoms with E-state index in [1.165, 1.54) is 0 Å². The summed E-state index contributed by atoms with van der Waals surface area (Å²) in [6.07, 6.45) is -2.63. The number of rotatable bonds is 2. The standard InChI is InChI=1S/C10H18O5/c1-5(2)14-9-10(13)4-3-6(15-9)7(11)8(10)12/h5-9,11-13H,3-4H2,1-2H3/t6-,7-,8+,9-,10-/m1/s1. The van der Waals surface area contributed by atoms with Crippen molar-refractivity contribution < 1.29 is 24.8 Å². The molecule has 2 bridgehead atoms. The van der Waals surface area contributed by atoms with Crippen LogP contribution >= 0.6 is 0 Å². The molecule has 3 rings (SSSR count). The van der Waals surface area contributed by atoms with Gasteiger partial charge in [-0.25, -0.2) is 0 Å². The third kappa shape index (κ3) is 1.68. The molecule has 5 atom stereocenters. The zero-order valence-corrected chi connectivity index (χ0v) is 8.96. The van der Waals surface area contributed by atoms with E-state index in [-0.39, 0.29) is 6.10 Å². The highest BCUT2D eigenvalue weighted by Gasteiger charge is 2.59. The molecule has 5 nitrogen and oxygen atoms in total. The molecule has 1 aliphatic carbocycles. The fourth-order valence-corrected chi connectivity index (χ4v) is 2.27. The van der Waals surface area contributed by atoms with Crippen molar-refractivity contribution >= 4 is 0 Å². The first-order valence-corrected chi connectivity index (χ1v) is 5.34. The fourth-order valence-electron chi connectivity index (χ4n) is 2.27. The number of ether oxygens (including phenoxy) is 2. The molecule has 2 heterocycles. The van der Waals surface area contributed by atoms with Gasteiger partial charge >= 0.3 is 0 Å². The van der Waals surface area contributed by atoms with Crippen LogP contribution in [-0.4, -0.2) is 51.6 Å². The smallest absolute Gasteiger partial charge is 0.189 e. The SMILES string of the molecule is CC(C)O[C@@H]1O[C@@H]2CC[C@@]1(O)[C@@H](O)[C@@H]2O. The Morgan fingerprint density at radius 1 is 1.40 bits per heavy atom. The minimum Gasteiger partial charge on any atom is -0.388 e. The average Bonchev–Trinajstić information content (AvgIpc) is 2.16. The summed E-state index contributed by atoms with van der Waals surface area (Å²) in [5.74, 6) is 0. The van der Waals surface area contributed by atoms with Gasteiger partial charge in [0.05, 0.1) is 12.2 Å². The summed E-state index contributed by atoms with van der Waals surface area (Å²) in [7, 11) is 0. The largest absolute Gasteiger partial charge is 0.388 e. The van der Waals surface area contributed by atoms with Crippen LogP contribution in [0, 0.1) is 0 Å². The second-order valence-electron chi connectivity index (χ2n) is 4.66. The van der Waals surface area contributed by atoms with Crippen LogP contribution in [0.15, 0.2) is 0 Å². The summed E-state index contributed by atoms with van der Waals surface area (Å²) in [6, 6.07) is 0. The van der Waals surface area contributed by atoms with E-state index in [2.05, 4.69) is 0 Å². The van der Waals surface area contributed by atoms with Crippen LogP contribution in [0.5, 0.6) is 0 Å². The van der Waals surface area contributed by atoms with Gasteiger partial charge in [-0.05, 0) is 26.7 Å². The van der Waals surface area contributed by atoms with Gasteiger partial charge in [0.15, 0.2) is 6.29 Å². The van der Waals surface area contributed by atoms with Crippen molar-refractivity contribution in [3.05, 3.63) is 0 Å². The van der Waals surface area contributed by atoms with Crippen LogP contribution in [-0.2, 0) is 9.47 Å². The second-order valence-corrected chi connectivity index (χ2v) is 4.66. The molecule has 0 aromatic heterocycles. The summed E-state index contributed by atoms with van der Waals surface area (Å²) in [5.41, 5.74) is -1.47. The van der Waals surface area contributed by atoms with Crippen LogP contribution in [0.2, 0.25) is 0 Å². The van der Waals surface area contributed by atoms with Gasteiger partial charge in [-0.2, -0.15) is 0 Å². The lowest BCUT2D eigenvalue weighted by atomic mass is 9.75. The highest BCUT2D eigenvalue weighted by Crippen LogP contribution is 2.41. The van der Waals surface area contributed by atoms with E-state index < -0.39 is 30.2 Å². The minimum atomic E-state index is -1.47. The summed E-state index contributed by atoms with van der Waals surface area (Å²) < 4.78 is 10.8. The highest BCUT2D eigenvalue weighted by atomic mass is 16.7. The van der Waals surface area contributed by atoms with Crippen LogP contribution in [0.4, 0.5) is 0 Å². The zero-order chi connectivity index (χ0) is 11.2. The first-order chi connectivity index (χ1) is 6.95. The molecule has 0 unspecified atom stereocenters. The van der Waals surface area contributed by atoms with Crippen LogP contribution in [0.25, 0.3) is 0 Å². The Morgan fingerprint density at radius 3 is 2.67 bits per heavy atom. The summed E-state index contributed by atoms with van der Waals surface area (Å²) in [6.45, 7) is 3.66. The predicted molar refractivity (Wildman–Crippen MR) is 51.1 cm³/mol. The topological polar surface area (TPSA) is 79.2 Å². The molecule has 3 fully saturated rings. The summed E-state index contributed by atoms with van der Waals surface area (Å²) in [4.78, 5) is 0. The van der Waals surface area contributed by atoms with Crippen molar-refractivity contribution in [3.63, 3.8) is 0 Å². The van der Waals surface area contributed by atoms with Gasteiger partial charge in [-0.1, -0.05) is 0 Å². The molecule has 2 aliphatic heterocycles. The monoisotopic (exact) mass is 218 g/mol. The molecule has 3 N–H and O–H groups in total. The van der Waals surface area contributed by atoms with E-state index >= 15 is 0 Å². The van der Waals surface area contributed by atoms with Crippen molar-refractivity contribution in [2.75, 3.05) is 0 Å². The Hall–Kier alpha value is -0.200. The van der Waals surface area contributed by atoms with Gasteiger partial charge in [0.1, 0.15) is 17.8 Å². The third-order valence-electron chi connectivity index (χ3n) is 3.15. The lowest BCUT2D eigenvalue weighted by molar-refractivity contribution is -0.370. The van der Waals surface area contributed by atoms with E-state index in [1.54, 1.807) is 0 Å². The number of hydrogen-bond donors (Lipinski definition) is 3. The number of aliphatic hydroxyl groups is 3. The highest BCUT2D eigenvalue weighted by molar-refractivity contribution is 5.05. The summed E-state index contributed by atoms with van der Waals surface area (Å²) >= 11 is 0. The molecule has 88 valence electrons. The lowest BCUT2D eigenvalue weighted by Gasteiger charge is -2.53. The number of aliphatic hydroxyl groups excluding tert-OH is 2. The molecule has 0 aromatic carbocycles. The van der Waals surface area contributed by atoms with Crippen LogP contribution in [0.1, 0.15) is 26.7 Å². The molecule has 2 saturated heterocycles. The zero-order valence-electron chi connectivity index (χ0n) is 8.96. The van der Waals surface area contributed by atoms with E-state index in [9.17, 15) is 15.3 Å². The van der Waals surface area contributed by atoms with Gasteiger partial charge in [-0.15, -0.1) is 0 Å². The van der Waals surface area contributed by atoms with Crippen LogP contribution < -0.4 is 0 Å². The molecule has 15 heavy (non-hydrogen) atoms. The number of fused-ring (bicyclic) bond motifs is 3. The molecular weight excluding hydrogens is 200 g/mol. The van der Waals surface area contributed by atoms with E-state index in [1.807, 2.05) is 13.8 Å². The van der Waals surface area contributed by atoms with E-state index in [0.29, 0.717) is 12.8 Å². The average molecular weight is 218 g/mol. The minimum absolute atomic E-state index is 0.0947. The maximum atomic E-state index is 10.2. The Balaban J connectivity index is 2.16. The Labute approximate surface area is 88.6 Å². The lowest BCUT2D eigenvalue weighted by Crippen LogP contribution is -2.70. The van der Waals surface area contributed by atoms with Gasteiger partial charge < -0.3 is 24.8 Å². The quantitative estimate of drug-likeness (QED) is 0.576. The molecule has 0 spiro atoms. The predicted octanol–water partition coefficient (Wildman–Crippen LogP) is -0.617. The molecule has 0 aromatic rings. The Morgan fingerprint density at radius 2 is 2.07 bits per heavy atom. The molecular formula is C10H18O5. The number of hydrogen-bond acceptors (Lipinski definition) is 5. The second kappa shape index (κ2) is 3.68. The first kappa shape index (κ1) is 11.3. The van der Waals surface area contributed by atoms with Gasteiger partial charge in [0, 0.05) is 0 Å². The fraction of sp³-hybridized carbons (Fsp3) is 1.00. The van der Waals surface area contributed by atoms with Gasteiger partial charge in [0.25, 0.3) is 0 Å². The van der Waals surface area contributed by atoms with Gasteiger partial charge in [0.2, 0.25) is 0 Å². The molecule has 0 radical (unpaired) electrons. The maximum Gasteiger partial charge on any atom is 0.189 e. The van der Waals surface area contributed by atoms with Crippen molar-refractivity contribution in [1.29, 1.82) is 0 Å². The van der Waals surface area contributed by atoms with Crippen molar-refractivity contribution in [3.8, 4) is 0 Å². The Kier molecular flexibility index (Phi) is 2.77.